The standard InChI is InChI=1S/C6H13N3O/c7-6(8)9-3-1-2-5(9)4-10/h5,10H,1-4H2,(H3,7,8). The molecule has 0 radical (unpaired) electrons. The number of nitrogens with zero attached hydrogens (tertiary/aromatic N) is 1. The molecule has 0 bridgehead atoms. The van der Waals surface area contributed by atoms with Gasteiger partial charge in [-0.05, 0) is 12.8 Å². The van der Waals surface area contributed by atoms with Crippen molar-refractivity contribution in [1.29, 1.82) is 5.41 Å². The molecule has 1 atom stereocenters. The Hall–Kier alpha value is -0.770. The van der Waals surface area contributed by atoms with Gasteiger partial charge in [-0.15, -0.1) is 0 Å². The van der Waals surface area contributed by atoms with Gasteiger partial charge in [0.25, 0.3) is 0 Å². The SMILES string of the molecule is N=C(N)N1CCCC1CO. The number of guanidine groups is 1. The summed E-state index contributed by atoms with van der Waals surface area (Å²) in [7, 11) is 0. The maximum atomic E-state index is 8.79. The van der Waals surface area contributed by atoms with Crippen molar-refractivity contribution in [1.82, 2.24) is 4.90 Å². The van der Waals surface area contributed by atoms with Crippen molar-refractivity contribution < 1.29 is 5.11 Å². The number of aliphatic hydroxyl groups is 1. The van der Waals surface area contributed by atoms with Crippen LogP contribution >= 0.6 is 0 Å². The highest BCUT2D eigenvalue weighted by molar-refractivity contribution is 5.75. The second kappa shape index (κ2) is 2.88. The van der Waals surface area contributed by atoms with E-state index in [0.29, 0.717) is 0 Å². The summed E-state index contributed by atoms with van der Waals surface area (Å²) >= 11 is 0. The molecule has 4 N–H and O–H groups in total. The molecule has 1 fully saturated rings. The molecule has 0 amide bonds. The van der Waals surface area contributed by atoms with Crippen molar-refractivity contribution in [3.05, 3.63) is 0 Å². The molecule has 1 aliphatic rings. The fraction of sp³-hybridized carbons (Fsp3) is 0.833. The molecule has 10 heavy (non-hydrogen) atoms. The smallest absolute Gasteiger partial charge is 0.188 e. The number of aliphatic hydroxyl groups excluding tert-OH is 1. The van der Waals surface area contributed by atoms with E-state index in [-0.39, 0.29) is 18.6 Å². The van der Waals surface area contributed by atoms with Gasteiger partial charge in [0, 0.05) is 6.54 Å². The van der Waals surface area contributed by atoms with Crippen molar-refractivity contribution in [3.8, 4) is 0 Å². The lowest BCUT2D eigenvalue weighted by molar-refractivity contribution is 0.207. The normalized spacial score (nSPS) is 25.3. The minimum Gasteiger partial charge on any atom is -0.394 e. The second-order valence-corrected chi connectivity index (χ2v) is 2.56. The lowest BCUT2D eigenvalue weighted by Crippen LogP contribution is -2.41. The van der Waals surface area contributed by atoms with Crippen LogP contribution in [0.5, 0.6) is 0 Å². The fourth-order valence-electron chi connectivity index (χ4n) is 1.34. The van der Waals surface area contributed by atoms with Gasteiger partial charge >= 0.3 is 0 Å². The molecule has 0 aromatic heterocycles. The van der Waals surface area contributed by atoms with E-state index >= 15 is 0 Å². The van der Waals surface area contributed by atoms with Crippen LogP contribution in [-0.4, -0.2) is 35.2 Å². The topological polar surface area (TPSA) is 73.3 Å². The van der Waals surface area contributed by atoms with E-state index in [4.69, 9.17) is 16.2 Å². The second-order valence-electron chi connectivity index (χ2n) is 2.56. The molecule has 0 aromatic rings. The average molecular weight is 143 g/mol. The predicted octanol–water partition coefficient (Wildman–Crippen LogP) is -0.663. The average Bonchev–Trinajstić information content (AvgIpc) is 2.33. The van der Waals surface area contributed by atoms with Gasteiger partial charge in [0.05, 0.1) is 12.6 Å². The van der Waals surface area contributed by atoms with Gasteiger partial charge in [-0.3, -0.25) is 5.41 Å². The molecule has 0 spiro atoms. The Kier molecular flexibility index (Phi) is 2.11. The molecule has 1 unspecified atom stereocenters. The van der Waals surface area contributed by atoms with Gasteiger partial charge in [-0.2, -0.15) is 0 Å². The molecule has 1 heterocycles. The molecule has 1 rings (SSSR count). The van der Waals surface area contributed by atoms with E-state index in [2.05, 4.69) is 0 Å². The summed E-state index contributed by atoms with van der Waals surface area (Å²) in [6.07, 6.45) is 1.99. The Bertz CT molecular complexity index is 137. The molecule has 4 heteroatoms. The van der Waals surface area contributed by atoms with Crippen molar-refractivity contribution in [2.75, 3.05) is 13.2 Å². The van der Waals surface area contributed by atoms with Crippen molar-refractivity contribution in [2.24, 2.45) is 5.73 Å². The Morgan fingerprint density at radius 2 is 2.50 bits per heavy atom. The molecule has 0 aliphatic carbocycles. The molecular weight excluding hydrogens is 130 g/mol. The van der Waals surface area contributed by atoms with Crippen LogP contribution in [0.15, 0.2) is 0 Å². The monoisotopic (exact) mass is 143 g/mol. The van der Waals surface area contributed by atoms with Crippen LogP contribution in [0.25, 0.3) is 0 Å². The van der Waals surface area contributed by atoms with Crippen LogP contribution in [-0.2, 0) is 0 Å². The highest BCUT2D eigenvalue weighted by atomic mass is 16.3. The Morgan fingerprint density at radius 1 is 1.80 bits per heavy atom. The van der Waals surface area contributed by atoms with E-state index < -0.39 is 0 Å². The molecule has 0 aromatic carbocycles. The van der Waals surface area contributed by atoms with Crippen molar-refractivity contribution >= 4 is 5.96 Å². The van der Waals surface area contributed by atoms with Crippen LogP contribution in [0.4, 0.5) is 0 Å². The lowest BCUT2D eigenvalue weighted by atomic mass is 10.2. The maximum Gasteiger partial charge on any atom is 0.188 e. The van der Waals surface area contributed by atoms with Gasteiger partial charge in [0.1, 0.15) is 0 Å². The third kappa shape index (κ3) is 1.21. The number of hydrogen-bond donors (Lipinski definition) is 3. The van der Waals surface area contributed by atoms with E-state index in [9.17, 15) is 0 Å². The highest BCUT2D eigenvalue weighted by Gasteiger charge is 2.23. The summed E-state index contributed by atoms with van der Waals surface area (Å²) in [5.41, 5.74) is 5.26. The third-order valence-corrected chi connectivity index (χ3v) is 1.90. The van der Waals surface area contributed by atoms with E-state index in [0.717, 1.165) is 19.4 Å². The molecule has 58 valence electrons. The minimum atomic E-state index is 0.0801. The largest absolute Gasteiger partial charge is 0.394 e. The zero-order valence-corrected chi connectivity index (χ0v) is 5.88. The first-order chi connectivity index (χ1) is 4.75. The first-order valence-corrected chi connectivity index (χ1v) is 3.47. The Labute approximate surface area is 60.1 Å². The van der Waals surface area contributed by atoms with Crippen LogP contribution in [0.3, 0.4) is 0 Å². The van der Waals surface area contributed by atoms with Gasteiger partial charge in [0.2, 0.25) is 0 Å². The van der Waals surface area contributed by atoms with E-state index in [1.807, 2.05) is 0 Å². The zero-order valence-electron chi connectivity index (χ0n) is 5.88. The Morgan fingerprint density at radius 3 is 2.90 bits per heavy atom. The Balaban J connectivity index is 2.50. The summed E-state index contributed by atoms with van der Waals surface area (Å²) < 4.78 is 0. The number of hydrogen-bond acceptors (Lipinski definition) is 2. The number of rotatable bonds is 1. The van der Waals surface area contributed by atoms with E-state index in [1.54, 1.807) is 4.90 Å². The quantitative estimate of drug-likeness (QED) is 0.337. The summed E-state index contributed by atoms with van der Waals surface area (Å²) in [5.74, 6) is 0.0801. The summed E-state index contributed by atoms with van der Waals surface area (Å²) in [5, 5.41) is 15.9. The number of nitrogens with one attached hydrogen (secondary N) is 1. The predicted molar refractivity (Wildman–Crippen MR) is 38.7 cm³/mol. The number of nitrogens with two attached hydrogens (primary N) is 1. The first-order valence-electron chi connectivity index (χ1n) is 3.47. The van der Waals surface area contributed by atoms with Gasteiger partial charge in [-0.1, -0.05) is 0 Å². The zero-order chi connectivity index (χ0) is 7.56. The van der Waals surface area contributed by atoms with Crippen LogP contribution in [0.2, 0.25) is 0 Å². The van der Waals surface area contributed by atoms with Gasteiger partial charge in [-0.25, -0.2) is 0 Å². The molecule has 1 saturated heterocycles. The third-order valence-electron chi connectivity index (χ3n) is 1.90. The molecule has 0 saturated carbocycles. The van der Waals surface area contributed by atoms with Crippen molar-refractivity contribution in [3.63, 3.8) is 0 Å². The maximum absolute atomic E-state index is 8.79. The first kappa shape index (κ1) is 7.34. The molecule has 1 aliphatic heterocycles. The van der Waals surface area contributed by atoms with Crippen LogP contribution < -0.4 is 5.73 Å². The summed E-state index contributed by atoms with van der Waals surface area (Å²) in [6.45, 7) is 0.931. The van der Waals surface area contributed by atoms with E-state index in [1.165, 1.54) is 0 Å². The van der Waals surface area contributed by atoms with Crippen LogP contribution in [0, 0.1) is 5.41 Å². The minimum absolute atomic E-state index is 0.0801. The lowest BCUT2D eigenvalue weighted by Gasteiger charge is -2.22. The fourth-order valence-corrected chi connectivity index (χ4v) is 1.34. The number of likely N-dealkylation sites (tertiary alicyclic amines) is 1. The summed E-state index contributed by atoms with van der Waals surface area (Å²) in [6, 6.07) is 0.0949. The highest BCUT2D eigenvalue weighted by Crippen LogP contribution is 2.14. The van der Waals surface area contributed by atoms with Crippen molar-refractivity contribution in [2.45, 2.75) is 18.9 Å². The van der Waals surface area contributed by atoms with Gasteiger partial charge < -0.3 is 15.7 Å². The van der Waals surface area contributed by atoms with Crippen LogP contribution in [0.1, 0.15) is 12.8 Å². The summed E-state index contributed by atoms with van der Waals surface area (Å²) in [4.78, 5) is 1.74. The molecular formula is C6H13N3O. The molecule has 4 nitrogen and oxygen atoms in total. The van der Waals surface area contributed by atoms with Gasteiger partial charge in [0.15, 0.2) is 5.96 Å².